The van der Waals surface area contributed by atoms with E-state index in [1.165, 1.54) is 0 Å². The third-order valence-corrected chi connectivity index (χ3v) is 2.96. The molecule has 4 nitrogen and oxygen atoms in total. The number of phenols is 1. The van der Waals surface area contributed by atoms with Crippen molar-refractivity contribution in [2.45, 2.75) is 13.5 Å². The van der Waals surface area contributed by atoms with Crippen LogP contribution in [-0.4, -0.2) is 17.7 Å². The van der Waals surface area contributed by atoms with E-state index in [0.29, 0.717) is 0 Å². The molecule has 0 atom stereocenters. The molecule has 2 N–H and O–H groups in total. The monoisotopic (exact) mass is 295 g/mol. The van der Waals surface area contributed by atoms with E-state index in [1.54, 1.807) is 25.1 Å². The molecule has 0 unspecified atom stereocenters. The van der Waals surface area contributed by atoms with Crippen LogP contribution in [0.2, 0.25) is 0 Å². The molecule has 2 aromatic carbocycles. The van der Waals surface area contributed by atoms with E-state index in [4.69, 9.17) is 4.74 Å². The number of carbonyl (C=O) groups excluding carboxylic acids is 1. The van der Waals surface area contributed by atoms with Crippen molar-refractivity contribution in [2.75, 3.05) is 6.54 Å². The van der Waals surface area contributed by atoms with Gasteiger partial charge >= 0.3 is 6.09 Å². The highest BCUT2D eigenvalue weighted by atomic mass is 16.5. The summed E-state index contributed by atoms with van der Waals surface area (Å²) in [6, 6.07) is 14.6. The number of ether oxygens (including phenoxy) is 1. The van der Waals surface area contributed by atoms with Crippen LogP contribution in [0.25, 0.3) is 0 Å². The number of carbonyl (C=O) groups is 1. The van der Waals surface area contributed by atoms with Gasteiger partial charge in [0.25, 0.3) is 0 Å². The Morgan fingerprint density at radius 2 is 2.00 bits per heavy atom. The molecular weight excluding hydrogens is 278 g/mol. The first-order valence-electron chi connectivity index (χ1n) is 6.88. The van der Waals surface area contributed by atoms with Gasteiger partial charge in [-0.3, -0.25) is 0 Å². The van der Waals surface area contributed by atoms with Crippen molar-refractivity contribution < 1.29 is 14.6 Å². The molecule has 2 rings (SSSR count). The lowest BCUT2D eigenvalue weighted by atomic mass is 10.1. The minimum atomic E-state index is -0.500. The zero-order valence-electron chi connectivity index (χ0n) is 12.3. The van der Waals surface area contributed by atoms with Crippen molar-refractivity contribution in [1.82, 2.24) is 5.32 Å². The van der Waals surface area contributed by atoms with Crippen LogP contribution in [0.4, 0.5) is 4.79 Å². The van der Waals surface area contributed by atoms with Gasteiger partial charge in [-0.05, 0) is 36.2 Å². The first-order chi connectivity index (χ1) is 10.6. The largest absolute Gasteiger partial charge is 0.508 e. The average Bonchev–Trinajstić information content (AvgIpc) is 2.54. The van der Waals surface area contributed by atoms with Gasteiger partial charge in [0.1, 0.15) is 12.4 Å². The molecule has 22 heavy (non-hydrogen) atoms. The minimum Gasteiger partial charge on any atom is -0.508 e. The fraction of sp³-hybridized carbons (Fsp3) is 0.167. The predicted octanol–water partition coefficient (Wildman–Crippen LogP) is 2.98. The van der Waals surface area contributed by atoms with Gasteiger partial charge in [0, 0.05) is 5.56 Å². The van der Waals surface area contributed by atoms with E-state index in [-0.39, 0.29) is 18.9 Å². The second-order valence-corrected chi connectivity index (χ2v) is 4.72. The summed E-state index contributed by atoms with van der Waals surface area (Å²) in [5.41, 5.74) is 2.49. The highest BCUT2D eigenvalue weighted by molar-refractivity contribution is 5.67. The smallest absolute Gasteiger partial charge is 0.408 e. The number of phenolic OH excluding ortho intramolecular Hbond substituents is 1. The molecule has 0 aliphatic heterocycles. The molecular formula is C18H17NO3. The Hall–Kier alpha value is -2.93. The highest BCUT2D eigenvalue weighted by Gasteiger charge is 2.00. The van der Waals surface area contributed by atoms with Crippen LogP contribution in [0.3, 0.4) is 0 Å². The number of hydrogen-bond acceptors (Lipinski definition) is 3. The van der Waals surface area contributed by atoms with Crippen LogP contribution in [0.1, 0.15) is 16.7 Å². The summed E-state index contributed by atoms with van der Waals surface area (Å²) in [6.45, 7) is 2.24. The average molecular weight is 295 g/mol. The van der Waals surface area contributed by atoms with Crippen LogP contribution < -0.4 is 5.32 Å². The predicted molar refractivity (Wildman–Crippen MR) is 84.4 cm³/mol. The van der Waals surface area contributed by atoms with Gasteiger partial charge in [0.15, 0.2) is 0 Å². The third-order valence-electron chi connectivity index (χ3n) is 2.96. The molecule has 0 aliphatic carbocycles. The molecule has 0 bridgehead atoms. The van der Waals surface area contributed by atoms with Crippen molar-refractivity contribution >= 4 is 6.09 Å². The lowest BCUT2D eigenvalue weighted by Gasteiger charge is -2.04. The number of amides is 1. The van der Waals surface area contributed by atoms with Crippen LogP contribution in [0.15, 0.2) is 48.5 Å². The number of aromatic hydroxyl groups is 1. The molecule has 1 amide bonds. The number of hydrogen-bond donors (Lipinski definition) is 2. The number of rotatable bonds is 3. The van der Waals surface area contributed by atoms with Gasteiger partial charge in [0.2, 0.25) is 0 Å². The number of alkyl carbamates (subject to hydrolysis) is 1. The van der Waals surface area contributed by atoms with Gasteiger partial charge in [-0.2, -0.15) is 0 Å². The molecule has 0 aromatic heterocycles. The second-order valence-electron chi connectivity index (χ2n) is 4.72. The lowest BCUT2D eigenvalue weighted by Crippen LogP contribution is -2.24. The Morgan fingerprint density at radius 3 is 2.73 bits per heavy atom. The topological polar surface area (TPSA) is 58.6 Å². The van der Waals surface area contributed by atoms with E-state index in [1.807, 2.05) is 30.3 Å². The minimum absolute atomic E-state index is 0.202. The maximum absolute atomic E-state index is 11.5. The van der Waals surface area contributed by atoms with Gasteiger partial charge in [-0.25, -0.2) is 4.79 Å². The summed E-state index contributed by atoms with van der Waals surface area (Å²) in [5.74, 6) is 5.99. The molecule has 0 fully saturated rings. The molecule has 0 spiro atoms. The molecule has 2 aromatic rings. The second kappa shape index (κ2) is 7.75. The first kappa shape index (κ1) is 15.5. The third kappa shape index (κ3) is 4.88. The Labute approximate surface area is 129 Å². The van der Waals surface area contributed by atoms with E-state index in [9.17, 15) is 9.90 Å². The fourth-order valence-electron chi connectivity index (χ4n) is 1.77. The molecule has 0 aliphatic rings. The number of aryl methyl sites for hydroxylation is 1. The van der Waals surface area contributed by atoms with Crippen LogP contribution in [-0.2, 0) is 11.3 Å². The van der Waals surface area contributed by atoms with Crippen molar-refractivity contribution in [3.8, 4) is 17.6 Å². The van der Waals surface area contributed by atoms with Crippen LogP contribution in [0.5, 0.6) is 5.75 Å². The van der Waals surface area contributed by atoms with E-state index < -0.39 is 6.09 Å². The van der Waals surface area contributed by atoms with Gasteiger partial charge in [-0.15, -0.1) is 0 Å². The lowest BCUT2D eigenvalue weighted by molar-refractivity contribution is 0.141. The zero-order valence-corrected chi connectivity index (χ0v) is 12.3. The van der Waals surface area contributed by atoms with Crippen LogP contribution in [0, 0.1) is 18.8 Å². The summed E-state index contributed by atoms with van der Waals surface area (Å²) in [5, 5.41) is 12.0. The molecule has 0 saturated heterocycles. The molecule has 0 radical (unpaired) electrons. The Morgan fingerprint density at radius 1 is 1.23 bits per heavy atom. The summed E-state index contributed by atoms with van der Waals surface area (Å²) in [4.78, 5) is 11.5. The van der Waals surface area contributed by atoms with Gasteiger partial charge in [-0.1, -0.05) is 42.2 Å². The Bertz CT molecular complexity index is 699. The zero-order chi connectivity index (χ0) is 15.8. The van der Waals surface area contributed by atoms with E-state index in [0.717, 1.165) is 16.7 Å². The van der Waals surface area contributed by atoms with Gasteiger partial charge < -0.3 is 15.2 Å². The summed E-state index contributed by atoms with van der Waals surface area (Å²) in [6.07, 6.45) is -0.500. The van der Waals surface area contributed by atoms with Crippen LogP contribution >= 0.6 is 0 Å². The highest BCUT2D eigenvalue weighted by Crippen LogP contribution is 2.15. The van der Waals surface area contributed by atoms with Crippen molar-refractivity contribution in [3.63, 3.8) is 0 Å². The maximum atomic E-state index is 11.5. The van der Waals surface area contributed by atoms with Crippen molar-refractivity contribution in [2.24, 2.45) is 0 Å². The van der Waals surface area contributed by atoms with Gasteiger partial charge in [0.05, 0.1) is 6.54 Å². The Kier molecular flexibility index (Phi) is 5.44. The van der Waals surface area contributed by atoms with Crippen molar-refractivity contribution in [1.29, 1.82) is 0 Å². The molecule has 4 heteroatoms. The molecule has 0 saturated carbocycles. The fourth-order valence-corrected chi connectivity index (χ4v) is 1.77. The summed E-state index contributed by atoms with van der Waals surface area (Å²) < 4.78 is 5.06. The number of nitrogens with one attached hydrogen (secondary N) is 1. The first-order valence-corrected chi connectivity index (χ1v) is 6.88. The number of benzene rings is 2. The molecule has 0 heterocycles. The van der Waals surface area contributed by atoms with E-state index >= 15 is 0 Å². The van der Waals surface area contributed by atoms with Crippen molar-refractivity contribution in [3.05, 3.63) is 65.2 Å². The SMILES string of the molecule is Cc1cc(C#CCNC(=O)OCc2ccccc2)ccc1O. The standard InChI is InChI=1S/C18H17NO3/c1-14-12-15(9-10-17(14)20)8-5-11-19-18(21)22-13-16-6-3-2-4-7-16/h2-4,6-7,9-10,12,20H,11,13H2,1H3,(H,19,21). The van der Waals surface area contributed by atoms with E-state index in [2.05, 4.69) is 17.2 Å². The quantitative estimate of drug-likeness (QED) is 0.856. The Balaban J connectivity index is 1.75. The summed E-state index contributed by atoms with van der Waals surface area (Å²) in [7, 11) is 0. The maximum Gasteiger partial charge on any atom is 0.408 e. The molecule has 112 valence electrons. The summed E-state index contributed by atoms with van der Waals surface area (Å²) >= 11 is 0. The normalized spacial score (nSPS) is 9.50.